The highest BCUT2D eigenvalue weighted by Gasteiger charge is 2.17. The molecule has 182 valence electrons. The van der Waals surface area contributed by atoms with Crippen molar-refractivity contribution in [1.29, 1.82) is 0 Å². The highest BCUT2D eigenvalue weighted by Crippen LogP contribution is 2.24. The van der Waals surface area contributed by atoms with Crippen LogP contribution in [0.1, 0.15) is 40.2 Å². The normalized spacial score (nSPS) is 11.6. The van der Waals surface area contributed by atoms with Crippen LogP contribution < -0.4 is 10.0 Å². The zero-order chi connectivity index (χ0) is 25.3. The minimum absolute atomic E-state index is 0.123. The van der Waals surface area contributed by atoms with Crippen molar-refractivity contribution in [3.05, 3.63) is 82.3 Å². The van der Waals surface area contributed by atoms with Gasteiger partial charge in [0.15, 0.2) is 5.65 Å². The Hall–Kier alpha value is -3.72. The molecule has 4 aromatic rings. The van der Waals surface area contributed by atoms with Gasteiger partial charge >= 0.3 is 0 Å². The second-order valence-electron chi connectivity index (χ2n) is 8.76. The molecule has 0 fully saturated rings. The standard InChI is InChI=1S/C26H29N5O3S/c1-16-7-6-8-17(2)26(16)30-35(33,34)22-11-9-21(10-12-22)28-25(32)14-13-23-19(4)27-24-15-18(3)29-31(24)20(23)5/h6-12,15,30H,13-14H2,1-5H3,(H,28,32). The number of hydrogen-bond acceptors (Lipinski definition) is 5. The Morgan fingerprint density at radius 2 is 1.63 bits per heavy atom. The second kappa shape index (κ2) is 9.50. The number of nitrogens with zero attached hydrogens (tertiary/aromatic N) is 3. The summed E-state index contributed by atoms with van der Waals surface area (Å²) in [6, 6.07) is 13.7. The lowest BCUT2D eigenvalue weighted by Gasteiger charge is -2.14. The van der Waals surface area contributed by atoms with Crippen molar-refractivity contribution in [2.75, 3.05) is 10.0 Å². The average Bonchev–Trinajstić information content (AvgIpc) is 3.17. The van der Waals surface area contributed by atoms with Gasteiger partial charge in [0.1, 0.15) is 0 Å². The van der Waals surface area contributed by atoms with Crippen LogP contribution in [-0.4, -0.2) is 28.9 Å². The lowest BCUT2D eigenvalue weighted by Crippen LogP contribution is -2.16. The number of para-hydroxylation sites is 1. The first-order chi connectivity index (χ1) is 16.5. The van der Waals surface area contributed by atoms with Crippen LogP contribution in [0, 0.1) is 34.6 Å². The molecule has 2 N–H and O–H groups in total. The fraction of sp³-hybridized carbons (Fsp3) is 0.269. The molecule has 0 radical (unpaired) electrons. The number of carbonyl (C=O) groups excluding carboxylic acids is 1. The largest absolute Gasteiger partial charge is 0.326 e. The molecule has 2 heterocycles. The van der Waals surface area contributed by atoms with Gasteiger partial charge in [-0.2, -0.15) is 5.10 Å². The molecule has 0 unspecified atom stereocenters. The lowest BCUT2D eigenvalue weighted by molar-refractivity contribution is -0.116. The second-order valence-corrected chi connectivity index (χ2v) is 10.4. The fourth-order valence-corrected chi connectivity index (χ4v) is 5.35. The van der Waals surface area contributed by atoms with Crippen molar-refractivity contribution in [2.24, 2.45) is 0 Å². The third-order valence-corrected chi connectivity index (χ3v) is 7.42. The molecule has 2 aromatic heterocycles. The van der Waals surface area contributed by atoms with Crippen LogP contribution in [0.5, 0.6) is 0 Å². The minimum atomic E-state index is -3.75. The van der Waals surface area contributed by atoms with Crippen LogP contribution in [0.4, 0.5) is 11.4 Å². The Morgan fingerprint density at radius 3 is 2.29 bits per heavy atom. The SMILES string of the molecule is Cc1cc2nc(C)c(CCC(=O)Nc3ccc(S(=O)(=O)Nc4c(C)cccc4C)cc3)c(C)n2n1. The van der Waals surface area contributed by atoms with E-state index in [4.69, 9.17) is 0 Å². The summed E-state index contributed by atoms with van der Waals surface area (Å²) in [5.74, 6) is -0.162. The van der Waals surface area contributed by atoms with Gasteiger partial charge in [-0.05, 0) is 82.0 Å². The van der Waals surface area contributed by atoms with Crippen LogP contribution >= 0.6 is 0 Å². The van der Waals surface area contributed by atoms with Crippen LogP contribution in [-0.2, 0) is 21.2 Å². The van der Waals surface area contributed by atoms with Crippen LogP contribution in [0.2, 0.25) is 0 Å². The number of fused-ring (bicyclic) bond motifs is 1. The highest BCUT2D eigenvalue weighted by molar-refractivity contribution is 7.92. The van der Waals surface area contributed by atoms with E-state index >= 15 is 0 Å². The Balaban J connectivity index is 1.42. The molecule has 0 saturated carbocycles. The molecule has 35 heavy (non-hydrogen) atoms. The predicted octanol–water partition coefficient (Wildman–Crippen LogP) is 4.64. The smallest absolute Gasteiger partial charge is 0.261 e. The van der Waals surface area contributed by atoms with E-state index in [0.717, 1.165) is 39.4 Å². The third kappa shape index (κ3) is 5.19. The van der Waals surface area contributed by atoms with E-state index in [2.05, 4.69) is 20.1 Å². The minimum Gasteiger partial charge on any atom is -0.326 e. The first kappa shape index (κ1) is 24.4. The van der Waals surface area contributed by atoms with E-state index in [-0.39, 0.29) is 17.2 Å². The first-order valence-corrected chi connectivity index (χ1v) is 12.8. The van der Waals surface area contributed by atoms with E-state index in [0.29, 0.717) is 17.8 Å². The van der Waals surface area contributed by atoms with Gasteiger partial charge in [0.2, 0.25) is 5.91 Å². The van der Waals surface area contributed by atoms with Gasteiger partial charge in [-0.1, -0.05) is 18.2 Å². The Bertz CT molecular complexity index is 1500. The number of hydrogen-bond donors (Lipinski definition) is 2. The Morgan fingerprint density at radius 1 is 0.971 bits per heavy atom. The van der Waals surface area contributed by atoms with Crippen LogP contribution in [0.15, 0.2) is 53.4 Å². The molecule has 0 aliphatic carbocycles. The van der Waals surface area contributed by atoms with E-state index < -0.39 is 10.0 Å². The molecule has 0 saturated heterocycles. The molecule has 0 atom stereocenters. The number of benzene rings is 2. The maximum Gasteiger partial charge on any atom is 0.261 e. The summed E-state index contributed by atoms with van der Waals surface area (Å²) in [5, 5.41) is 7.31. The van der Waals surface area contributed by atoms with Crippen LogP contribution in [0.3, 0.4) is 0 Å². The molecule has 4 rings (SSSR count). The van der Waals surface area contributed by atoms with Crippen LogP contribution in [0.25, 0.3) is 5.65 Å². The number of rotatable bonds is 7. The van der Waals surface area contributed by atoms with Gasteiger partial charge in [-0.3, -0.25) is 9.52 Å². The molecule has 8 nitrogen and oxygen atoms in total. The molecule has 0 spiro atoms. The molecular weight excluding hydrogens is 462 g/mol. The van der Waals surface area contributed by atoms with Crippen molar-refractivity contribution >= 4 is 33.0 Å². The Kier molecular flexibility index (Phi) is 6.62. The number of nitrogens with one attached hydrogen (secondary N) is 2. The monoisotopic (exact) mass is 491 g/mol. The quantitative estimate of drug-likeness (QED) is 0.392. The molecule has 9 heteroatoms. The van der Waals surface area contributed by atoms with Gasteiger partial charge in [0.05, 0.1) is 16.3 Å². The molecule has 1 amide bonds. The van der Waals surface area contributed by atoms with Gasteiger partial charge in [0, 0.05) is 29.6 Å². The van der Waals surface area contributed by atoms with E-state index in [9.17, 15) is 13.2 Å². The number of sulfonamides is 1. The first-order valence-electron chi connectivity index (χ1n) is 11.4. The molecule has 0 aliphatic heterocycles. The number of aromatic nitrogens is 3. The molecular formula is C26H29N5O3S. The molecule has 0 bridgehead atoms. The van der Waals surface area contributed by atoms with Crippen molar-refractivity contribution in [2.45, 2.75) is 52.4 Å². The number of aryl methyl sites for hydroxylation is 5. The van der Waals surface area contributed by atoms with Gasteiger partial charge in [-0.25, -0.2) is 17.9 Å². The van der Waals surface area contributed by atoms with E-state index in [1.807, 2.05) is 58.9 Å². The number of carbonyl (C=O) groups is 1. The Labute approximate surface area is 205 Å². The average molecular weight is 492 g/mol. The lowest BCUT2D eigenvalue weighted by atomic mass is 10.1. The van der Waals surface area contributed by atoms with Gasteiger partial charge in [-0.15, -0.1) is 0 Å². The molecule has 2 aromatic carbocycles. The maximum atomic E-state index is 12.8. The van der Waals surface area contributed by atoms with Crippen molar-refractivity contribution in [3.8, 4) is 0 Å². The highest BCUT2D eigenvalue weighted by atomic mass is 32.2. The summed E-state index contributed by atoms with van der Waals surface area (Å²) in [7, 11) is -3.75. The van der Waals surface area contributed by atoms with Gasteiger partial charge in [0.25, 0.3) is 10.0 Å². The number of amides is 1. The fourth-order valence-electron chi connectivity index (χ4n) is 4.15. The summed E-state index contributed by atoms with van der Waals surface area (Å²) < 4.78 is 30.2. The van der Waals surface area contributed by atoms with Crippen molar-refractivity contribution in [1.82, 2.24) is 14.6 Å². The summed E-state index contributed by atoms with van der Waals surface area (Å²) >= 11 is 0. The number of anilines is 2. The molecule has 0 aliphatic rings. The summed E-state index contributed by atoms with van der Waals surface area (Å²) in [6.45, 7) is 9.56. The zero-order valence-electron chi connectivity index (χ0n) is 20.5. The summed E-state index contributed by atoms with van der Waals surface area (Å²) in [6.07, 6.45) is 0.792. The van der Waals surface area contributed by atoms with Gasteiger partial charge < -0.3 is 5.32 Å². The summed E-state index contributed by atoms with van der Waals surface area (Å²) in [5.41, 5.74) is 7.35. The van der Waals surface area contributed by atoms with Crippen molar-refractivity contribution < 1.29 is 13.2 Å². The summed E-state index contributed by atoms with van der Waals surface area (Å²) in [4.78, 5) is 17.3. The third-order valence-electron chi connectivity index (χ3n) is 6.05. The van der Waals surface area contributed by atoms with E-state index in [1.165, 1.54) is 12.1 Å². The topological polar surface area (TPSA) is 105 Å². The van der Waals surface area contributed by atoms with Crippen molar-refractivity contribution in [3.63, 3.8) is 0 Å². The predicted molar refractivity (Wildman–Crippen MR) is 137 cm³/mol. The zero-order valence-corrected chi connectivity index (χ0v) is 21.3. The maximum absolute atomic E-state index is 12.8. The van der Waals surface area contributed by atoms with E-state index in [1.54, 1.807) is 16.6 Å².